The zero-order valence-corrected chi connectivity index (χ0v) is 20.7. The third kappa shape index (κ3) is 5.09. The zero-order valence-electron chi connectivity index (χ0n) is 19.9. The van der Waals surface area contributed by atoms with E-state index in [0.29, 0.717) is 27.6 Å². The molecule has 0 radical (unpaired) electrons. The Labute approximate surface area is 203 Å². The van der Waals surface area contributed by atoms with Gasteiger partial charge in [0.15, 0.2) is 0 Å². The number of nitro groups is 1. The van der Waals surface area contributed by atoms with Crippen molar-refractivity contribution in [3.05, 3.63) is 85.8 Å². The number of aliphatic imine (C=N–C) groups is 1. The lowest BCUT2D eigenvalue weighted by Crippen LogP contribution is -2.27. The van der Waals surface area contributed by atoms with E-state index in [1.54, 1.807) is 36.6 Å². The molecule has 2 aromatic carbocycles. The predicted molar refractivity (Wildman–Crippen MR) is 139 cm³/mol. The molecular weight excluding hydrogens is 446 g/mol. The van der Waals surface area contributed by atoms with Crippen LogP contribution < -0.4 is 5.32 Å². The lowest BCUT2D eigenvalue weighted by molar-refractivity contribution is -0.385. The summed E-state index contributed by atoms with van der Waals surface area (Å²) in [5, 5.41) is 15.0. The van der Waals surface area contributed by atoms with E-state index < -0.39 is 0 Å². The number of nitro benzene ring substituents is 1. The van der Waals surface area contributed by atoms with Crippen LogP contribution in [0, 0.1) is 28.4 Å². The second-order valence-electron chi connectivity index (χ2n) is 9.87. The van der Waals surface area contributed by atoms with E-state index in [1.165, 1.54) is 10.9 Å². The number of thiophene rings is 1. The smallest absolute Gasteiger partial charge is 0.272 e. The SMILES string of the molecule is Cc1ccc(C=Nc2sc3c(c2C(=O)Nc2ccccc2)CC[C@@H](C(C)(C)C)C3)cc1[N+](=O)[O-]. The number of anilines is 1. The van der Waals surface area contributed by atoms with Gasteiger partial charge in [-0.15, -0.1) is 11.3 Å². The molecule has 0 saturated carbocycles. The van der Waals surface area contributed by atoms with Crippen molar-refractivity contribution in [3.63, 3.8) is 0 Å². The van der Waals surface area contributed by atoms with Gasteiger partial charge in [0.1, 0.15) is 5.00 Å². The van der Waals surface area contributed by atoms with E-state index in [1.807, 2.05) is 30.3 Å². The number of para-hydroxylation sites is 1. The minimum Gasteiger partial charge on any atom is -0.322 e. The lowest BCUT2D eigenvalue weighted by Gasteiger charge is -2.33. The Balaban J connectivity index is 1.72. The molecule has 7 heteroatoms. The van der Waals surface area contributed by atoms with Crippen molar-refractivity contribution in [2.24, 2.45) is 16.3 Å². The third-order valence-corrected chi connectivity index (χ3v) is 7.65. The second kappa shape index (κ2) is 9.50. The van der Waals surface area contributed by atoms with Crippen LogP contribution >= 0.6 is 11.3 Å². The van der Waals surface area contributed by atoms with Gasteiger partial charge in [-0.3, -0.25) is 14.9 Å². The van der Waals surface area contributed by atoms with Gasteiger partial charge in [-0.1, -0.05) is 51.1 Å². The highest BCUT2D eigenvalue weighted by molar-refractivity contribution is 7.16. The Hall–Kier alpha value is -3.32. The first-order valence-electron chi connectivity index (χ1n) is 11.4. The number of rotatable bonds is 5. The van der Waals surface area contributed by atoms with Crippen molar-refractivity contribution in [1.82, 2.24) is 0 Å². The van der Waals surface area contributed by atoms with Crippen molar-refractivity contribution >= 4 is 39.8 Å². The van der Waals surface area contributed by atoms with Crippen LogP contribution in [0.4, 0.5) is 16.4 Å². The molecule has 0 aliphatic heterocycles. The van der Waals surface area contributed by atoms with E-state index in [4.69, 9.17) is 0 Å². The monoisotopic (exact) mass is 475 g/mol. The summed E-state index contributed by atoms with van der Waals surface area (Å²) < 4.78 is 0. The topological polar surface area (TPSA) is 84.6 Å². The van der Waals surface area contributed by atoms with Crippen molar-refractivity contribution in [1.29, 1.82) is 0 Å². The van der Waals surface area contributed by atoms with Crippen LogP contribution in [0.3, 0.4) is 0 Å². The van der Waals surface area contributed by atoms with Crippen LogP contribution in [0.25, 0.3) is 0 Å². The second-order valence-corrected chi connectivity index (χ2v) is 11.0. The van der Waals surface area contributed by atoms with Gasteiger partial charge < -0.3 is 5.32 Å². The number of fused-ring (bicyclic) bond motifs is 1. The number of aryl methyl sites for hydroxylation is 1. The fraction of sp³-hybridized carbons (Fsp3) is 0.333. The molecule has 1 aliphatic carbocycles. The number of nitrogens with one attached hydrogen (secondary N) is 1. The van der Waals surface area contributed by atoms with Crippen molar-refractivity contribution in [3.8, 4) is 0 Å². The standard InChI is InChI=1S/C27H29N3O3S/c1-17-10-11-18(14-22(17)30(32)33)16-28-26-24(25(31)29-20-8-6-5-7-9-20)21-13-12-19(27(2,3)4)15-23(21)34-26/h5-11,14,16,19H,12-13,15H2,1-4H3,(H,29,31)/t19-/m1/s1. The molecule has 0 saturated heterocycles. The number of nitrogens with zero attached hydrogens (tertiary/aromatic N) is 2. The number of hydrogen-bond donors (Lipinski definition) is 1. The highest BCUT2D eigenvalue weighted by Crippen LogP contribution is 2.45. The molecule has 1 amide bonds. The summed E-state index contributed by atoms with van der Waals surface area (Å²) in [6.07, 6.45) is 4.42. The van der Waals surface area contributed by atoms with Crippen LogP contribution in [0.1, 0.15) is 59.1 Å². The molecule has 0 unspecified atom stereocenters. The van der Waals surface area contributed by atoms with Crippen LogP contribution in [-0.2, 0) is 12.8 Å². The average molecular weight is 476 g/mol. The fourth-order valence-corrected chi connectivity index (χ4v) is 5.66. The molecule has 1 atom stereocenters. The first-order valence-corrected chi connectivity index (χ1v) is 12.2. The summed E-state index contributed by atoms with van der Waals surface area (Å²) in [4.78, 5) is 30.2. The summed E-state index contributed by atoms with van der Waals surface area (Å²) in [6, 6.07) is 14.4. The molecular formula is C27H29N3O3S. The van der Waals surface area contributed by atoms with Gasteiger partial charge >= 0.3 is 0 Å². The van der Waals surface area contributed by atoms with Gasteiger partial charge in [-0.05, 0) is 60.8 Å². The minimum atomic E-state index is -0.387. The summed E-state index contributed by atoms with van der Waals surface area (Å²) in [5.41, 5.74) is 3.92. The predicted octanol–water partition coefficient (Wildman–Crippen LogP) is 7.12. The summed E-state index contributed by atoms with van der Waals surface area (Å²) in [6.45, 7) is 8.51. The van der Waals surface area contributed by atoms with Gasteiger partial charge in [0, 0.05) is 28.4 Å². The van der Waals surface area contributed by atoms with Crippen molar-refractivity contribution < 1.29 is 9.72 Å². The lowest BCUT2D eigenvalue weighted by atomic mass is 9.72. The molecule has 1 aliphatic rings. The van der Waals surface area contributed by atoms with Crippen LogP contribution in [0.15, 0.2) is 53.5 Å². The first kappa shape index (κ1) is 23.8. The summed E-state index contributed by atoms with van der Waals surface area (Å²) in [7, 11) is 0. The average Bonchev–Trinajstić information content (AvgIpc) is 3.16. The highest BCUT2D eigenvalue weighted by Gasteiger charge is 2.33. The third-order valence-electron chi connectivity index (χ3n) is 6.49. The van der Waals surface area contributed by atoms with E-state index >= 15 is 0 Å². The largest absolute Gasteiger partial charge is 0.322 e. The van der Waals surface area contributed by atoms with Gasteiger partial charge in [-0.25, -0.2) is 4.99 Å². The Morgan fingerprint density at radius 1 is 1.21 bits per heavy atom. The van der Waals surface area contributed by atoms with Gasteiger partial charge in [0.2, 0.25) is 0 Å². The zero-order chi connectivity index (χ0) is 24.5. The van der Waals surface area contributed by atoms with Crippen molar-refractivity contribution in [2.45, 2.75) is 47.0 Å². The number of carbonyl (C=O) groups is 1. The van der Waals surface area contributed by atoms with E-state index in [9.17, 15) is 14.9 Å². The Kier molecular flexibility index (Phi) is 6.66. The van der Waals surface area contributed by atoms with Gasteiger partial charge in [-0.2, -0.15) is 0 Å². The fourth-order valence-electron chi connectivity index (χ4n) is 4.39. The molecule has 0 fully saturated rings. The molecule has 3 aromatic rings. The molecule has 1 N–H and O–H groups in total. The molecule has 1 heterocycles. The maximum absolute atomic E-state index is 13.4. The quantitative estimate of drug-likeness (QED) is 0.242. The van der Waals surface area contributed by atoms with E-state index in [2.05, 4.69) is 31.1 Å². The summed E-state index contributed by atoms with van der Waals surface area (Å²) in [5.74, 6) is 0.375. The van der Waals surface area contributed by atoms with Gasteiger partial charge in [0.05, 0.1) is 10.5 Å². The molecule has 4 rings (SSSR count). The molecule has 1 aromatic heterocycles. The van der Waals surface area contributed by atoms with Crippen LogP contribution in [0.2, 0.25) is 0 Å². The van der Waals surface area contributed by atoms with E-state index in [0.717, 1.165) is 30.5 Å². The number of hydrogen-bond acceptors (Lipinski definition) is 5. The Bertz CT molecular complexity index is 1260. The number of carbonyl (C=O) groups excluding carboxylic acids is 1. The molecule has 0 spiro atoms. The number of benzene rings is 2. The van der Waals surface area contributed by atoms with Crippen LogP contribution in [-0.4, -0.2) is 17.0 Å². The maximum atomic E-state index is 13.4. The van der Waals surface area contributed by atoms with Crippen molar-refractivity contribution in [2.75, 3.05) is 5.32 Å². The normalized spacial score (nSPS) is 15.8. The Morgan fingerprint density at radius 2 is 1.94 bits per heavy atom. The minimum absolute atomic E-state index is 0.0597. The Morgan fingerprint density at radius 3 is 2.62 bits per heavy atom. The highest BCUT2D eigenvalue weighted by atomic mass is 32.1. The summed E-state index contributed by atoms with van der Waals surface area (Å²) >= 11 is 1.56. The molecule has 176 valence electrons. The molecule has 6 nitrogen and oxygen atoms in total. The van der Waals surface area contributed by atoms with Crippen LogP contribution in [0.5, 0.6) is 0 Å². The molecule has 34 heavy (non-hydrogen) atoms. The van der Waals surface area contributed by atoms with E-state index in [-0.39, 0.29) is 21.9 Å². The first-order chi connectivity index (χ1) is 16.1. The molecule has 0 bridgehead atoms. The van der Waals surface area contributed by atoms with Gasteiger partial charge in [0.25, 0.3) is 11.6 Å². The maximum Gasteiger partial charge on any atom is 0.272 e. The number of amides is 1.